The van der Waals surface area contributed by atoms with Crippen LogP contribution in [0.5, 0.6) is 5.88 Å². The van der Waals surface area contributed by atoms with Gasteiger partial charge in [0.05, 0.1) is 5.39 Å². The molecule has 0 saturated carbocycles. The zero-order chi connectivity index (χ0) is 17.0. The number of carbonyl (C=O) groups excluding carboxylic acids is 1. The van der Waals surface area contributed by atoms with Crippen molar-refractivity contribution in [3.63, 3.8) is 0 Å². The summed E-state index contributed by atoms with van der Waals surface area (Å²) in [4.78, 5) is 19.2. The van der Waals surface area contributed by atoms with Crippen LogP contribution in [0.25, 0.3) is 10.9 Å². The Bertz CT molecular complexity index is 718. The SMILES string of the molecule is CC(C)(C)OC(=O)OCCOc1ncnc2c(F)cc(Br)cc12. The Morgan fingerprint density at radius 1 is 1.26 bits per heavy atom. The molecule has 1 aromatic carbocycles. The molecule has 0 bridgehead atoms. The number of ether oxygens (including phenoxy) is 3. The summed E-state index contributed by atoms with van der Waals surface area (Å²) in [5.41, 5.74) is -0.462. The molecule has 1 heterocycles. The molecule has 1 aromatic heterocycles. The topological polar surface area (TPSA) is 70.5 Å². The van der Waals surface area contributed by atoms with Crippen molar-refractivity contribution in [1.82, 2.24) is 9.97 Å². The maximum absolute atomic E-state index is 13.8. The van der Waals surface area contributed by atoms with Crippen molar-refractivity contribution in [2.24, 2.45) is 0 Å². The summed E-state index contributed by atoms with van der Waals surface area (Å²) < 4.78 is 29.7. The highest BCUT2D eigenvalue weighted by atomic mass is 79.9. The highest BCUT2D eigenvalue weighted by Gasteiger charge is 2.17. The Morgan fingerprint density at radius 2 is 2.00 bits per heavy atom. The lowest BCUT2D eigenvalue weighted by Gasteiger charge is -2.18. The van der Waals surface area contributed by atoms with Crippen LogP contribution >= 0.6 is 15.9 Å². The number of benzene rings is 1. The van der Waals surface area contributed by atoms with E-state index in [1.165, 1.54) is 12.4 Å². The Balaban J connectivity index is 1.97. The van der Waals surface area contributed by atoms with Gasteiger partial charge in [-0.3, -0.25) is 0 Å². The molecule has 6 nitrogen and oxygen atoms in total. The van der Waals surface area contributed by atoms with Crippen LogP contribution in [-0.4, -0.2) is 34.9 Å². The predicted octanol–water partition coefficient (Wildman–Crippen LogP) is 3.86. The van der Waals surface area contributed by atoms with Crippen molar-refractivity contribution < 1.29 is 23.4 Å². The summed E-state index contributed by atoms with van der Waals surface area (Å²) in [6.45, 7) is 5.26. The van der Waals surface area contributed by atoms with Crippen molar-refractivity contribution in [3.05, 3.63) is 28.7 Å². The first-order valence-corrected chi connectivity index (χ1v) is 7.64. The van der Waals surface area contributed by atoms with Crippen LogP contribution in [0.1, 0.15) is 20.8 Å². The fraction of sp³-hybridized carbons (Fsp3) is 0.400. The van der Waals surface area contributed by atoms with E-state index in [-0.39, 0.29) is 24.6 Å². The molecule has 0 aliphatic heterocycles. The Kier molecular flexibility index (Phi) is 5.35. The summed E-state index contributed by atoms with van der Waals surface area (Å²) in [5.74, 6) is -0.269. The molecule has 23 heavy (non-hydrogen) atoms. The average Bonchev–Trinajstić information content (AvgIpc) is 2.42. The third kappa shape index (κ3) is 5.02. The Morgan fingerprint density at radius 3 is 2.70 bits per heavy atom. The van der Waals surface area contributed by atoms with Gasteiger partial charge in [-0.1, -0.05) is 15.9 Å². The van der Waals surface area contributed by atoms with Gasteiger partial charge in [-0.15, -0.1) is 0 Å². The number of nitrogens with zero attached hydrogens (tertiary/aromatic N) is 2. The van der Waals surface area contributed by atoms with Crippen LogP contribution in [0.3, 0.4) is 0 Å². The number of hydrogen-bond donors (Lipinski definition) is 0. The summed E-state index contributed by atoms with van der Waals surface area (Å²) in [6.07, 6.45) is 0.436. The maximum Gasteiger partial charge on any atom is 0.508 e. The lowest BCUT2D eigenvalue weighted by molar-refractivity contribution is -0.0114. The summed E-state index contributed by atoms with van der Waals surface area (Å²) in [6, 6.07) is 2.97. The van der Waals surface area contributed by atoms with Crippen LogP contribution < -0.4 is 4.74 Å². The van der Waals surface area contributed by atoms with Gasteiger partial charge in [0, 0.05) is 4.47 Å². The monoisotopic (exact) mass is 386 g/mol. The minimum atomic E-state index is -0.776. The molecule has 124 valence electrons. The lowest BCUT2D eigenvalue weighted by Crippen LogP contribution is -2.25. The van der Waals surface area contributed by atoms with Gasteiger partial charge in [-0.2, -0.15) is 0 Å². The third-order valence-corrected chi connectivity index (χ3v) is 3.01. The van der Waals surface area contributed by atoms with E-state index in [4.69, 9.17) is 14.2 Å². The van der Waals surface area contributed by atoms with Crippen molar-refractivity contribution in [3.8, 4) is 5.88 Å². The summed E-state index contributed by atoms with van der Waals surface area (Å²) >= 11 is 3.21. The highest BCUT2D eigenvalue weighted by Crippen LogP contribution is 2.27. The van der Waals surface area contributed by atoms with E-state index in [9.17, 15) is 9.18 Å². The predicted molar refractivity (Wildman–Crippen MR) is 84.9 cm³/mol. The average molecular weight is 387 g/mol. The molecule has 0 fully saturated rings. The van der Waals surface area contributed by atoms with Crippen molar-refractivity contribution in [2.75, 3.05) is 13.2 Å². The molecule has 2 rings (SSSR count). The first-order valence-electron chi connectivity index (χ1n) is 6.84. The maximum atomic E-state index is 13.8. The zero-order valence-corrected chi connectivity index (χ0v) is 14.5. The Hall–Kier alpha value is -1.96. The van der Waals surface area contributed by atoms with Crippen LogP contribution in [-0.2, 0) is 9.47 Å². The van der Waals surface area contributed by atoms with Crippen molar-refractivity contribution in [1.29, 1.82) is 0 Å². The van der Waals surface area contributed by atoms with Crippen molar-refractivity contribution in [2.45, 2.75) is 26.4 Å². The molecule has 0 spiro atoms. The molecule has 0 aliphatic carbocycles. The summed E-state index contributed by atoms with van der Waals surface area (Å²) in [5, 5.41) is 0.427. The molecule has 0 unspecified atom stereocenters. The van der Waals surface area contributed by atoms with Gasteiger partial charge in [0.25, 0.3) is 0 Å². The van der Waals surface area contributed by atoms with Crippen molar-refractivity contribution >= 4 is 33.0 Å². The van der Waals surface area contributed by atoms with E-state index >= 15 is 0 Å². The molecular weight excluding hydrogens is 371 g/mol. The summed E-state index contributed by atoms with van der Waals surface area (Å²) in [7, 11) is 0. The van der Waals surface area contributed by atoms with E-state index in [2.05, 4.69) is 25.9 Å². The van der Waals surface area contributed by atoms with E-state index in [0.717, 1.165) is 0 Å². The standard InChI is InChI=1S/C15H16BrFN2O4/c1-15(2,3)23-14(20)22-5-4-21-13-10-6-9(16)7-11(17)12(10)18-8-19-13/h6-8H,4-5H2,1-3H3. The highest BCUT2D eigenvalue weighted by molar-refractivity contribution is 9.10. The van der Waals surface area contributed by atoms with Crippen LogP contribution in [0.15, 0.2) is 22.9 Å². The second kappa shape index (κ2) is 7.08. The van der Waals surface area contributed by atoms with Crippen LogP contribution in [0.4, 0.5) is 9.18 Å². The van der Waals surface area contributed by atoms with Gasteiger partial charge in [0.1, 0.15) is 30.7 Å². The molecule has 8 heteroatoms. The zero-order valence-electron chi connectivity index (χ0n) is 12.9. The molecule has 0 atom stereocenters. The lowest BCUT2D eigenvalue weighted by atomic mass is 10.2. The number of hydrogen-bond acceptors (Lipinski definition) is 6. The number of aromatic nitrogens is 2. The van der Waals surface area contributed by atoms with Crippen LogP contribution in [0.2, 0.25) is 0 Å². The first-order chi connectivity index (χ1) is 10.8. The molecule has 2 aromatic rings. The quantitative estimate of drug-likeness (QED) is 0.586. The third-order valence-electron chi connectivity index (χ3n) is 2.55. The van der Waals surface area contributed by atoms with E-state index < -0.39 is 17.6 Å². The second-order valence-electron chi connectivity index (χ2n) is 5.62. The van der Waals surface area contributed by atoms with Gasteiger partial charge in [-0.05, 0) is 32.9 Å². The smallest absolute Gasteiger partial charge is 0.474 e. The molecule has 0 N–H and O–H groups in total. The molecule has 0 amide bonds. The fourth-order valence-electron chi connectivity index (χ4n) is 1.73. The van der Waals surface area contributed by atoms with Gasteiger partial charge in [0.2, 0.25) is 5.88 Å². The Labute approximate surface area is 141 Å². The molecule has 0 aliphatic rings. The van der Waals surface area contributed by atoms with Gasteiger partial charge in [0.15, 0.2) is 5.82 Å². The van der Waals surface area contributed by atoms with E-state index in [0.29, 0.717) is 9.86 Å². The first kappa shape index (κ1) is 17.4. The normalized spacial score (nSPS) is 11.3. The van der Waals surface area contributed by atoms with Crippen LogP contribution in [0, 0.1) is 5.82 Å². The number of rotatable bonds is 4. The minimum Gasteiger partial charge on any atom is -0.474 e. The number of halogens is 2. The fourth-order valence-corrected chi connectivity index (χ4v) is 2.16. The largest absolute Gasteiger partial charge is 0.508 e. The van der Waals surface area contributed by atoms with Gasteiger partial charge in [-0.25, -0.2) is 19.2 Å². The minimum absolute atomic E-state index is 0.0170. The number of fused-ring (bicyclic) bond motifs is 1. The van der Waals surface area contributed by atoms with E-state index in [1.54, 1.807) is 26.8 Å². The number of carbonyl (C=O) groups is 1. The molecular formula is C15H16BrFN2O4. The van der Waals surface area contributed by atoms with Gasteiger partial charge >= 0.3 is 6.16 Å². The van der Waals surface area contributed by atoms with E-state index in [1.807, 2.05) is 0 Å². The second-order valence-corrected chi connectivity index (χ2v) is 6.54. The molecule has 0 saturated heterocycles. The molecule has 0 radical (unpaired) electrons. The van der Waals surface area contributed by atoms with Gasteiger partial charge < -0.3 is 14.2 Å².